The summed E-state index contributed by atoms with van der Waals surface area (Å²) in [6.07, 6.45) is 0.744. The number of para-hydroxylation sites is 1. The van der Waals surface area contributed by atoms with E-state index in [1.54, 1.807) is 41.3 Å². The highest BCUT2D eigenvalue weighted by atomic mass is 32.2. The molecule has 0 aromatic heterocycles. The molecule has 0 bridgehead atoms. The number of hydrogen-bond donors (Lipinski definition) is 0. The van der Waals surface area contributed by atoms with E-state index in [0.29, 0.717) is 54.9 Å². The Morgan fingerprint density at radius 3 is 2.26 bits per heavy atom. The van der Waals surface area contributed by atoms with E-state index in [9.17, 15) is 13.2 Å². The van der Waals surface area contributed by atoms with E-state index in [2.05, 4.69) is 0 Å². The van der Waals surface area contributed by atoms with Crippen molar-refractivity contribution in [3.63, 3.8) is 0 Å². The van der Waals surface area contributed by atoms with Gasteiger partial charge >= 0.3 is 0 Å². The zero-order valence-corrected chi connectivity index (χ0v) is 19.9. The summed E-state index contributed by atoms with van der Waals surface area (Å²) in [5.41, 5.74) is 0.498. The smallest absolute Gasteiger partial charge is 0.254 e. The molecule has 0 radical (unpaired) electrons. The topological polar surface area (TPSA) is 85.4 Å². The number of nitrogens with zero attached hydrogens (tertiary/aromatic N) is 2. The third-order valence-corrected chi connectivity index (χ3v) is 7.84. The molecule has 8 nitrogen and oxygen atoms in total. The van der Waals surface area contributed by atoms with Gasteiger partial charge in [0.25, 0.3) is 5.91 Å². The molecule has 1 saturated heterocycles. The Kier molecular flexibility index (Phi) is 6.61. The third kappa shape index (κ3) is 5.11. The number of fused-ring (bicyclic) bond motifs is 1. The van der Waals surface area contributed by atoms with Crippen molar-refractivity contribution >= 4 is 15.9 Å². The Labute approximate surface area is 204 Å². The quantitative estimate of drug-likeness (QED) is 0.537. The monoisotopic (exact) mass is 494 g/mol. The van der Waals surface area contributed by atoms with Crippen LogP contribution in [-0.2, 0) is 10.0 Å². The predicted octanol–water partition coefficient (Wildman–Crippen LogP) is 3.79. The maximum Gasteiger partial charge on any atom is 0.254 e. The molecule has 0 saturated carbocycles. The zero-order chi connectivity index (χ0) is 24.3. The fourth-order valence-corrected chi connectivity index (χ4v) is 5.52. The number of piperazine rings is 1. The van der Waals surface area contributed by atoms with Gasteiger partial charge in [-0.15, -0.1) is 0 Å². The van der Waals surface area contributed by atoms with Crippen LogP contribution in [-0.4, -0.2) is 62.9 Å². The van der Waals surface area contributed by atoms with Crippen molar-refractivity contribution in [1.29, 1.82) is 0 Å². The Morgan fingerprint density at radius 1 is 0.771 bits per heavy atom. The van der Waals surface area contributed by atoms with Crippen molar-refractivity contribution in [2.24, 2.45) is 0 Å². The highest BCUT2D eigenvalue weighted by molar-refractivity contribution is 7.89. The van der Waals surface area contributed by atoms with Crippen LogP contribution in [0.15, 0.2) is 77.7 Å². The van der Waals surface area contributed by atoms with Crippen LogP contribution >= 0.6 is 0 Å². The number of benzene rings is 3. The number of ether oxygens (including phenoxy) is 3. The maximum atomic E-state index is 13.2. The molecule has 9 heteroatoms. The molecule has 0 spiro atoms. The first kappa shape index (κ1) is 23.2. The number of rotatable bonds is 5. The molecule has 1 fully saturated rings. The first-order valence-corrected chi connectivity index (χ1v) is 13.0. The van der Waals surface area contributed by atoms with Crippen molar-refractivity contribution in [2.75, 3.05) is 39.4 Å². The first-order valence-electron chi connectivity index (χ1n) is 11.5. The first-order chi connectivity index (χ1) is 17.0. The zero-order valence-electron chi connectivity index (χ0n) is 19.1. The molecule has 0 aliphatic carbocycles. The molecule has 2 aliphatic rings. The Morgan fingerprint density at radius 2 is 1.49 bits per heavy atom. The van der Waals surface area contributed by atoms with E-state index in [1.807, 2.05) is 30.3 Å². The van der Waals surface area contributed by atoms with Crippen LogP contribution in [0.2, 0.25) is 0 Å². The van der Waals surface area contributed by atoms with E-state index >= 15 is 0 Å². The minimum absolute atomic E-state index is 0.156. The number of carbonyl (C=O) groups excluding carboxylic acids is 1. The molecule has 0 atom stereocenters. The summed E-state index contributed by atoms with van der Waals surface area (Å²) in [5.74, 6) is 2.09. The average molecular weight is 495 g/mol. The summed E-state index contributed by atoms with van der Waals surface area (Å²) in [4.78, 5) is 14.9. The van der Waals surface area contributed by atoms with Crippen molar-refractivity contribution < 1.29 is 27.4 Å². The second kappa shape index (κ2) is 9.97. The molecule has 182 valence electrons. The van der Waals surface area contributed by atoms with Crippen LogP contribution < -0.4 is 14.2 Å². The molecule has 3 aromatic carbocycles. The fraction of sp³-hybridized carbons (Fsp3) is 0.269. The van der Waals surface area contributed by atoms with Gasteiger partial charge in [0.05, 0.1) is 18.1 Å². The lowest BCUT2D eigenvalue weighted by molar-refractivity contribution is 0.0697. The normalized spacial score (nSPS) is 16.4. The summed E-state index contributed by atoms with van der Waals surface area (Å²) < 4.78 is 45.0. The lowest BCUT2D eigenvalue weighted by atomic mass is 10.1. The lowest BCUT2D eigenvalue weighted by Crippen LogP contribution is -2.50. The Bertz CT molecular complexity index is 1300. The van der Waals surface area contributed by atoms with E-state index in [-0.39, 0.29) is 23.9 Å². The van der Waals surface area contributed by atoms with Crippen LogP contribution in [0.25, 0.3) is 0 Å². The fourth-order valence-electron chi connectivity index (χ4n) is 4.08. The standard InChI is InChI=1S/C26H26N2O6S/c29-26(20-6-4-9-22(18-20)34-21-7-2-1-3-8-21)27-12-14-28(15-13-27)35(30,31)23-10-11-24-25(19-23)33-17-5-16-32-24/h1-4,6-11,18-19H,5,12-17H2. The molecule has 1 amide bonds. The summed E-state index contributed by atoms with van der Waals surface area (Å²) >= 11 is 0. The van der Waals surface area contributed by atoms with Gasteiger partial charge in [0.15, 0.2) is 11.5 Å². The highest BCUT2D eigenvalue weighted by Crippen LogP contribution is 2.33. The molecule has 3 aromatic rings. The summed E-state index contributed by atoms with van der Waals surface area (Å²) in [5, 5.41) is 0. The minimum atomic E-state index is -3.72. The van der Waals surface area contributed by atoms with Gasteiger partial charge in [0.1, 0.15) is 11.5 Å². The van der Waals surface area contributed by atoms with Crippen LogP contribution in [0, 0.1) is 0 Å². The van der Waals surface area contributed by atoms with Crippen molar-refractivity contribution in [3.05, 3.63) is 78.4 Å². The van der Waals surface area contributed by atoms with E-state index in [0.717, 1.165) is 6.42 Å². The number of sulfonamides is 1. The number of hydrogen-bond acceptors (Lipinski definition) is 6. The minimum Gasteiger partial charge on any atom is -0.490 e. The van der Waals surface area contributed by atoms with Gasteiger partial charge in [-0.2, -0.15) is 4.31 Å². The molecule has 5 rings (SSSR count). The van der Waals surface area contributed by atoms with Gasteiger partial charge in [-0.05, 0) is 42.5 Å². The lowest BCUT2D eigenvalue weighted by Gasteiger charge is -2.34. The molecule has 2 aliphatic heterocycles. The van der Waals surface area contributed by atoms with E-state index in [1.165, 1.54) is 10.4 Å². The molecule has 35 heavy (non-hydrogen) atoms. The number of amides is 1. The average Bonchev–Trinajstić information content (AvgIpc) is 3.14. The second-order valence-corrected chi connectivity index (χ2v) is 10.2. The van der Waals surface area contributed by atoms with E-state index in [4.69, 9.17) is 14.2 Å². The van der Waals surface area contributed by atoms with Gasteiger partial charge in [-0.25, -0.2) is 8.42 Å². The third-order valence-electron chi connectivity index (χ3n) is 5.94. The predicted molar refractivity (Wildman–Crippen MR) is 130 cm³/mol. The molecular formula is C26H26N2O6S. The molecule has 2 heterocycles. The van der Waals surface area contributed by atoms with Crippen LogP contribution in [0.1, 0.15) is 16.8 Å². The van der Waals surface area contributed by atoms with Crippen molar-refractivity contribution in [2.45, 2.75) is 11.3 Å². The van der Waals surface area contributed by atoms with E-state index < -0.39 is 10.0 Å². The highest BCUT2D eigenvalue weighted by Gasteiger charge is 2.31. The summed E-state index contributed by atoms with van der Waals surface area (Å²) in [6, 6.07) is 21.1. The van der Waals surface area contributed by atoms with Crippen molar-refractivity contribution in [3.8, 4) is 23.0 Å². The number of carbonyl (C=O) groups is 1. The Balaban J connectivity index is 1.24. The molecule has 0 N–H and O–H groups in total. The van der Waals surface area contributed by atoms with Crippen LogP contribution in [0.3, 0.4) is 0 Å². The van der Waals surface area contributed by atoms with Gasteiger partial charge in [-0.1, -0.05) is 24.3 Å². The molecule has 0 unspecified atom stereocenters. The summed E-state index contributed by atoms with van der Waals surface area (Å²) in [7, 11) is -3.72. The van der Waals surface area contributed by atoms with Crippen LogP contribution in [0.5, 0.6) is 23.0 Å². The Hall–Kier alpha value is -3.56. The van der Waals surface area contributed by atoms with Gasteiger partial charge in [0.2, 0.25) is 10.0 Å². The molecular weight excluding hydrogens is 468 g/mol. The van der Waals surface area contributed by atoms with Gasteiger partial charge in [0, 0.05) is 44.2 Å². The summed E-state index contributed by atoms with van der Waals surface area (Å²) in [6.45, 7) is 2.04. The van der Waals surface area contributed by atoms with Crippen LogP contribution in [0.4, 0.5) is 0 Å². The van der Waals surface area contributed by atoms with Crippen molar-refractivity contribution in [1.82, 2.24) is 9.21 Å². The second-order valence-electron chi connectivity index (χ2n) is 8.30. The van der Waals surface area contributed by atoms with Gasteiger partial charge < -0.3 is 19.1 Å². The van der Waals surface area contributed by atoms with Gasteiger partial charge in [-0.3, -0.25) is 4.79 Å². The SMILES string of the molecule is O=C(c1cccc(Oc2ccccc2)c1)N1CCN(S(=O)(=O)c2ccc3c(c2)OCCCO3)CC1. The maximum absolute atomic E-state index is 13.2. The largest absolute Gasteiger partial charge is 0.490 e.